The third kappa shape index (κ3) is 9.10. The Bertz CT molecular complexity index is 1630. The van der Waals surface area contributed by atoms with Crippen LogP contribution in [0.25, 0.3) is 6.08 Å². The minimum absolute atomic E-state index is 0.00345. The lowest BCUT2D eigenvalue weighted by Crippen LogP contribution is -2.30. The second kappa shape index (κ2) is 15.3. The molecule has 0 heterocycles. The Hall–Kier alpha value is -4.29. The van der Waals surface area contributed by atoms with Gasteiger partial charge in [-0.1, -0.05) is 24.3 Å². The molecule has 3 N–H and O–H groups in total. The number of hydrogen-bond acceptors (Lipinski definition) is 6. The first-order valence-corrected chi connectivity index (χ1v) is 15.2. The summed E-state index contributed by atoms with van der Waals surface area (Å²) in [6, 6.07) is 28.5. The molecule has 0 bridgehead atoms. The van der Waals surface area contributed by atoms with Crippen molar-refractivity contribution in [3.63, 3.8) is 0 Å². The number of benzene rings is 4. The summed E-state index contributed by atoms with van der Waals surface area (Å²) in [6.45, 7) is 1.82. The highest BCUT2D eigenvalue weighted by molar-refractivity contribution is 14.1. The first-order chi connectivity index (χ1) is 20.7. The summed E-state index contributed by atoms with van der Waals surface area (Å²) < 4.78 is 11.9. The normalized spacial score (nSPS) is 11.7. The van der Waals surface area contributed by atoms with Gasteiger partial charge in [-0.2, -0.15) is 0 Å². The monoisotopic (exact) mass is 707 g/mol. The molecule has 0 radical (unpaired) electrons. The van der Waals surface area contributed by atoms with Crippen LogP contribution in [0.4, 0.5) is 11.4 Å². The maximum Gasteiger partial charge on any atom is 0.272 e. The number of amides is 3. The maximum absolute atomic E-state index is 13.6. The lowest BCUT2D eigenvalue weighted by atomic mass is 10.1. The molecule has 1 unspecified atom stereocenters. The molecular formula is C33H30IN3O5S. The van der Waals surface area contributed by atoms with Crippen LogP contribution >= 0.6 is 34.4 Å². The average molecular weight is 708 g/mol. The molecule has 0 fully saturated rings. The molecule has 1 atom stereocenters. The van der Waals surface area contributed by atoms with Crippen LogP contribution in [-0.2, 0) is 9.59 Å². The molecule has 3 amide bonds. The number of rotatable bonds is 11. The van der Waals surface area contributed by atoms with Gasteiger partial charge in [0.15, 0.2) is 0 Å². The lowest BCUT2D eigenvalue weighted by molar-refractivity contribution is -0.115. The molecule has 4 aromatic carbocycles. The number of hydrogen-bond donors (Lipinski definition) is 3. The highest BCUT2D eigenvalue weighted by Crippen LogP contribution is 2.28. The van der Waals surface area contributed by atoms with Crippen molar-refractivity contribution >= 4 is 69.5 Å². The zero-order chi connectivity index (χ0) is 30.8. The Balaban J connectivity index is 1.53. The smallest absolute Gasteiger partial charge is 0.272 e. The SMILES string of the molecule is COc1ccc(OC)c(/C=C(/NC(=O)c2ccccc2)C(=O)Nc2cccc(SC(C)C(=O)Nc3ccc(I)cc3)c2)c1. The fraction of sp³-hybridized carbons (Fsp3) is 0.121. The predicted octanol–water partition coefficient (Wildman–Crippen LogP) is 6.84. The molecule has 0 aliphatic carbocycles. The number of nitrogens with one attached hydrogen (secondary N) is 3. The van der Waals surface area contributed by atoms with Crippen LogP contribution in [-0.4, -0.2) is 37.2 Å². The Morgan fingerprint density at radius 3 is 2.26 bits per heavy atom. The van der Waals surface area contributed by atoms with Gasteiger partial charge in [-0.3, -0.25) is 14.4 Å². The lowest BCUT2D eigenvalue weighted by Gasteiger charge is -2.15. The Morgan fingerprint density at radius 1 is 0.814 bits per heavy atom. The molecule has 43 heavy (non-hydrogen) atoms. The van der Waals surface area contributed by atoms with Crippen molar-refractivity contribution in [1.82, 2.24) is 5.32 Å². The van der Waals surface area contributed by atoms with E-state index >= 15 is 0 Å². The minimum atomic E-state index is -0.541. The van der Waals surface area contributed by atoms with Gasteiger partial charge < -0.3 is 25.4 Å². The summed E-state index contributed by atoms with van der Waals surface area (Å²) in [7, 11) is 3.06. The fourth-order valence-corrected chi connectivity index (χ4v) is 5.22. The van der Waals surface area contributed by atoms with Crippen molar-refractivity contribution < 1.29 is 23.9 Å². The molecule has 0 spiro atoms. The molecular weight excluding hydrogens is 677 g/mol. The van der Waals surface area contributed by atoms with E-state index in [2.05, 4.69) is 38.5 Å². The largest absolute Gasteiger partial charge is 0.497 e. The van der Waals surface area contributed by atoms with E-state index in [0.717, 1.165) is 14.2 Å². The maximum atomic E-state index is 13.6. The van der Waals surface area contributed by atoms with Crippen molar-refractivity contribution in [2.45, 2.75) is 17.1 Å². The van der Waals surface area contributed by atoms with Gasteiger partial charge in [0.25, 0.3) is 11.8 Å². The number of carbonyl (C=O) groups excluding carboxylic acids is 3. The number of halogens is 1. The highest BCUT2D eigenvalue weighted by atomic mass is 127. The highest BCUT2D eigenvalue weighted by Gasteiger charge is 2.18. The fourth-order valence-electron chi connectivity index (χ4n) is 3.93. The summed E-state index contributed by atoms with van der Waals surface area (Å²) in [5, 5.41) is 8.13. The molecule has 220 valence electrons. The second-order valence-corrected chi connectivity index (χ2v) is 11.9. The van der Waals surface area contributed by atoms with E-state index in [1.54, 1.807) is 66.7 Å². The number of ether oxygens (including phenoxy) is 2. The third-order valence-electron chi connectivity index (χ3n) is 6.15. The first kappa shape index (κ1) is 31.6. The Morgan fingerprint density at radius 2 is 1.56 bits per heavy atom. The Kier molecular flexibility index (Phi) is 11.2. The standard InChI is InChI=1S/C33H30IN3O5S/c1-21(31(38)35-25-14-12-24(34)13-15-25)43-28-11-7-10-26(20-28)36-33(40)29(37-32(39)22-8-5-4-6-9-22)19-23-18-27(41-2)16-17-30(23)42-3/h4-21H,1-3H3,(H,35,38)(H,36,40)(H,37,39)/b29-19+. The van der Waals surface area contributed by atoms with Crippen LogP contribution in [0.3, 0.4) is 0 Å². The van der Waals surface area contributed by atoms with Gasteiger partial charge in [0.2, 0.25) is 5.91 Å². The molecule has 0 aromatic heterocycles. The van der Waals surface area contributed by atoms with E-state index in [9.17, 15) is 14.4 Å². The van der Waals surface area contributed by atoms with Gasteiger partial charge in [0, 0.05) is 31.0 Å². The summed E-state index contributed by atoms with van der Waals surface area (Å²) in [4.78, 5) is 40.2. The van der Waals surface area contributed by atoms with Crippen molar-refractivity contribution in [3.8, 4) is 11.5 Å². The molecule has 0 aliphatic heterocycles. The van der Waals surface area contributed by atoms with Gasteiger partial charge in [-0.25, -0.2) is 0 Å². The molecule has 4 aromatic rings. The topological polar surface area (TPSA) is 106 Å². The van der Waals surface area contributed by atoms with Crippen LogP contribution in [0.2, 0.25) is 0 Å². The zero-order valence-corrected chi connectivity index (χ0v) is 26.7. The van der Waals surface area contributed by atoms with Crippen LogP contribution in [0.15, 0.2) is 108 Å². The first-order valence-electron chi connectivity index (χ1n) is 13.2. The van der Waals surface area contributed by atoms with Gasteiger partial charge in [0.1, 0.15) is 17.2 Å². The van der Waals surface area contributed by atoms with E-state index < -0.39 is 17.1 Å². The van der Waals surface area contributed by atoms with Crippen LogP contribution in [0, 0.1) is 3.57 Å². The van der Waals surface area contributed by atoms with E-state index in [4.69, 9.17) is 9.47 Å². The van der Waals surface area contributed by atoms with E-state index in [1.165, 1.54) is 32.1 Å². The molecule has 0 aliphatic rings. The summed E-state index contributed by atoms with van der Waals surface area (Å²) in [6.07, 6.45) is 1.53. The molecule has 0 saturated carbocycles. The Labute approximate surface area is 268 Å². The van der Waals surface area contributed by atoms with Gasteiger partial charge in [-0.15, -0.1) is 11.8 Å². The number of carbonyl (C=O) groups is 3. The summed E-state index contributed by atoms with van der Waals surface area (Å²) in [5.74, 6) is -0.0641. The van der Waals surface area contributed by atoms with E-state index in [0.29, 0.717) is 28.3 Å². The van der Waals surface area contributed by atoms with E-state index in [-0.39, 0.29) is 11.6 Å². The molecule has 10 heteroatoms. The third-order valence-corrected chi connectivity index (χ3v) is 7.96. The van der Waals surface area contributed by atoms with Gasteiger partial charge in [-0.05, 0) is 108 Å². The molecule has 4 rings (SSSR count). The summed E-state index contributed by atoms with van der Waals surface area (Å²) >= 11 is 3.58. The predicted molar refractivity (Wildman–Crippen MR) is 180 cm³/mol. The average Bonchev–Trinajstić information content (AvgIpc) is 3.02. The molecule has 0 saturated heterocycles. The second-order valence-electron chi connectivity index (χ2n) is 9.22. The van der Waals surface area contributed by atoms with Gasteiger partial charge in [0.05, 0.1) is 19.5 Å². The van der Waals surface area contributed by atoms with Crippen LogP contribution in [0.1, 0.15) is 22.8 Å². The number of methoxy groups -OCH3 is 2. The minimum Gasteiger partial charge on any atom is -0.497 e. The van der Waals surface area contributed by atoms with Gasteiger partial charge >= 0.3 is 0 Å². The van der Waals surface area contributed by atoms with E-state index in [1.807, 2.05) is 37.3 Å². The number of thioether (sulfide) groups is 1. The molecule has 8 nitrogen and oxygen atoms in total. The van der Waals surface area contributed by atoms with Crippen molar-refractivity contribution in [1.29, 1.82) is 0 Å². The quantitative estimate of drug-likeness (QED) is 0.0897. The van der Waals surface area contributed by atoms with Crippen molar-refractivity contribution in [3.05, 3.63) is 117 Å². The number of anilines is 2. The zero-order valence-electron chi connectivity index (χ0n) is 23.7. The van der Waals surface area contributed by atoms with Crippen molar-refractivity contribution in [2.75, 3.05) is 24.9 Å². The summed E-state index contributed by atoms with van der Waals surface area (Å²) in [5.41, 5.74) is 2.16. The van der Waals surface area contributed by atoms with Crippen LogP contribution < -0.4 is 25.4 Å². The van der Waals surface area contributed by atoms with Crippen LogP contribution in [0.5, 0.6) is 11.5 Å². The van der Waals surface area contributed by atoms with Crippen molar-refractivity contribution in [2.24, 2.45) is 0 Å².